The molecule has 4 rings (SSSR count). The monoisotopic (exact) mass is 570 g/mol. The lowest BCUT2D eigenvalue weighted by Gasteiger charge is -2.18. The Morgan fingerprint density at radius 2 is 1.78 bits per heavy atom. The van der Waals surface area contributed by atoms with Gasteiger partial charge in [-0.1, -0.05) is 0 Å². The average molecular weight is 571 g/mol. The maximum Gasteiger partial charge on any atom is 0.492 e. The van der Waals surface area contributed by atoms with E-state index < -0.39 is 27.1 Å². The van der Waals surface area contributed by atoms with Crippen molar-refractivity contribution in [3.8, 4) is 0 Å². The van der Waals surface area contributed by atoms with E-state index in [2.05, 4.69) is 30.4 Å². The van der Waals surface area contributed by atoms with Crippen LogP contribution in [0.3, 0.4) is 0 Å². The van der Waals surface area contributed by atoms with Gasteiger partial charge in [0.15, 0.2) is 0 Å². The fraction of sp³-hybridized carbons (Fsp3) is 0.143. The number of rotatable bonds is 8. The third-order valence-corrected chi connectivity index (χ3v) is 7.97. The van der Waals surface area contributed by atoms with Crippen molar-refractivity contribution in [1.29, 1.82) is 0 Å². The molecule has 2 aromatic carbocycles. The molecule has 37 heavy (non-hydrogen) atoms. The number of anilines is 4. The number of thiazole rings is 1. The molecule has 0 saturated carbocycles. The van der Waals surface area contributed by atoms with Gasteiger partial charge in [-0.2, -0.15) is 13.2 Å². The second-order valence-electron chi connectivity index (χ2n) is 7.23. The lowest BCUT2D eigenvalue weighted by atomic mass is 10.3. The molecule has 0 amide bonds. The maximum atomic E-state index is 12.7. The highest BCUT2D eigenvalue weighted by Gasteiger charge is 2.43. The molecule has 2 aromatic heterocycles. The van der Waals surface area contributed by atoms with Crippen molar-refractivity contribution >= 4 is 72.3 Å². The van der Waals surface area contributed by atoms with E-state index >= 15 is 0 Å². The molecule has 0 spiro atoms. The van der Waals surface area contributed by atoms with Crippen molar-refractivity contribution in [2.24, 2.45) is 0 Å². The summed E-state index contributed by atoms with van der Waals surface area (Å²) in [5.41, 5.74) is 3.70. The minimum Gasteiger partial charge on any atom is -0.345 e. The van der Waals surface area contributed by atoms with Crippen LogP contribution in [0.2, 0.25) is 0 Å². The summed E-state index contributed by atoms with van der Waals surface area (Å²) >= 11 is 2.79. The quantitative estimate of drug-likeness (QED) is 0.222. The summed E-state index contributed by atoms with van der Waals surface area (Å²) in [7, 11) is -3.91. The molecular weight excluding hydrogens is 553 g/mol. The highest BCUT2D eigenvalue weighted by molar-refractivity contribution is 7.98. The number of hydrogen-bond donors (Lipinski definition) is 2. The molecule has 0 atom stereocenters. The van der Waals surface area contributed by atoms with Crippen molar-refractivity contribution in [3.63, 3.8) is 0 Å². The highest BCUT2D eigenvalue weighted by atomic mass is 32.2. The van der Waals surface area contributed by atoms with Crippen LogP contribution in [0.5, 0.6) is 0 Å². The SMILES string of the molecule is CSc1ccc(S(=O)(=O)N(C)OC(=O)C(F)(F)F)cc1Nc1cc(Nc2ccc3ncsc3c2)ncn1. The number of nitrogens with one attached hydrogen (secondary N) is 2. The summed E-state index contributed by atoms with van der Waals surface area (Å²) in [4.78, 5) is 27.8. The number of hydroxylamine groups is 1. The van der Waals surface area contributed by atoms with Gasteiger partial charge in [0, 0.05) is 23.7 Å². The largest absolute Gasteiger partial charge is 0.492 e. The van der Waals surface area contributed by atoms with Gasteiger partial charge in [-0.3, -0.25) is 0 Å². The van der Waals surface area contributed by atoms with E-state index in [4.69, 9.17) is 0 Å². The van der Waals surface area contributed by atoms with E-state index in [1.54, 1.807) is 17.8 Å². The number of aromatic nitrogens is 3. The minimum atomic E-state index is -5.36. The Balaban J connectivity index is 1.57. The number of nitrogens with zero attached hydrogens (tertiary/aromatic N) is 4. The maximum absolute atomic E-state index is 12.7. The number of hydrogen-bond acceptors (Lipinski definition) is 11. The summed E-state index contributed by atoms with van der Waals surface area (Å²) in [5, 5.41) is 6.16. The first kappa shape index (κ1) is 26.6. The van der Waals surface area contributed by atoms with Crippen LogP contribution in [0.1, 0.15) is 0 Å². The smallest absolute Gasteiger partial charge is 0.345 e. The zero-order valence-corrected chi connectivity index (χ0v) is 21.4. The number of sulfonamides is 1. The third kappa shape index (κ3) is 6.10. The number of alkyl halides is 3. The van der Waals surface area contributed by atoms with Gasteiger partial charge in [-0.25, -0.2) is 28.2 Å². The van der Waals surface area contributed by atoms with Crippen LogP contribution in [0, 0.1) is 0 Å². The van der Waals surface area contributed by atoms with E-state index in [1.807, 2.05) is 18.2 Å². The molecular formula is C21H17F3N6O4S3. The summed E-state index contributed by atoms with van der Waals surface area (Å²) in [6.07, 6.45) is -2.29. The average Bonchev–Trinajstić information content (AvgIpc) is 3.31. The predicted molar refractivity (Wildman–Crippen MR) is 134 cm³/mol. The van der Waals surface area contributed by atoms with E-state index in [-0.39, 0.29) is 4.47 Å². The van der Waals surface area contributed by atoms with Crippen molar-refractivity contribution in [2.45, 2.75) is 16.0 Å². The number of fused-ring (bicyclic) bond motifs is 1. The first-order valence-corrected chi connectivity index (χ1v) is 13.7. The van der Waals surface area contributed by atoms with Gasteiger partial charge in [0.1, 0.15) is 18.0 Å². The fourth-order valence-corrected chi connectivity index (χ4v) is 5.24. The lowest BCUT2D eigenvalue weighted by molar-refractivity contribution is -0.219. The van der Waals surface area contributed by atoms with Gasteiger partial charge in [0.05, 0.1) is 26.3 Å². The highest BCUT2D eigenvalue weighted by Crippen LogP contribution is 2.32. The lowest BCUT2D eigenvalue weighted by Crippen LogP contribution is -2.36. The molecule has 194 valence electrons. The first-order valence-electron chi connectivity index (χ1n) is 10.1. The van der Waals surface area contributed by atoms with E-state index in [9.17, 15) is 26.4 Å². The van der Waals surface area contributed by atoms with Gasteiger partial charge in [0.2, 0.25) is 0 Å². The molecule has 16 heteroatoms. The Bertz CT molecular complexity index is 1560. The molecule has 0 fully saturated rings. The summed E-state index contributed by atoms with van der Waals surface area (Å²) in [6.45, 7) is 0. The third-order valence-electron chi connectivity index (χ3n) is 4.78. The summed E-state index contributed by atoms with van der Waals surface area (Å²) in [5.74, 6) is -1.89. The topological polar surface area (TPSA) is 126 Å². The molecule has 4 aromatic rings. The van der Waals surface area contributed by atoms with Crippen LogP contribution in [0.25, 0.3) is 10.2 Å². The van der Waals surface area contributed by atoms with Gasteiger partial charge >= 0.3 is 12.1 Å². The van der Waals surface area contributed by atoms with Crippen molar-refractivity contribution in [2.75, 3.05) is 23.9 Å². The molecule has 2 heterocycles. The van der Waals surface area contributed by atoms with Gasteiger partial charge in [-0.15, -0.1) is 23.1 Å². The van der Waals surface area contributed by atoms with Crippen molar-refractivity contribution in [3.05, 3.63) is 54.3 Å². The molecule has 0 bridgehead atoms. The van der Waals surface area contributed by atoms with Crippen LogP contribution in [0.4, 0.5) is 36.2 Å². The predicted octanol–water partition coefficient (Wildman–Crippen LogP) is 4.94. The summed E-state index contributed by atoms with van der Waals surface area (Å²) < 4.78 is 63.8. The number of thioether (sulfide) groups is 1. The minimum absolute atomic E-state index is 0.132. The van der Waals surface area contributed by atoms with Gasteiger partial charge < -0.3 is 15.5 Å². The van der Waals surface area contributed by atoms with Crippen LogP contribution < -0.4 is 10.6 Å². The van der Waals surface area contributed by atoms with E-state index in [0.29, 0.717) is 29.3 Å². The molecule has 0 aliphatic rings. The van der Waals surface area contributed by atoms with E-state index in [1.165, 1.54) is 47.6 Å². The molecule has 0 aliphatic heterocycles. The second-order valence-corrected chi connectivity index (χ2v) is 10.9. The molecule has 10 nitrogen and oxygen atoms in total. The van der Waals surface area contributed by atoms with Gasteiger partial charge in [0.25, 0.3) is 10.0 Å². The van der Waals surface area contributed by atoms with E-state index in [0.717, 1.165) is 15.9 Å². The molecule has 0 radical (unpaired) electrons. The van der Waals surface area contributed by atoms with Crippen LogP contribution in [0.15, 0.2) is 64.1 Å². The zero-order chi connectivity index (χ0) is 26.8. The molecule has 0 saturated heterocycles. The fourth-order valence-electron chi connectivity index (χ4n) is 3.02. The number of carbonyl (C=O) groups excluding carboxylic acids is 1. The van der Waals surface area contributed by atoms with Crippen LogP contribution >= 0.6 is 23.1 Å². The number of benzene rings is 2. The Morgan fingerprint density at radius 1 is 1.05 bits per heavy atom. The number of carbonyl (C=O) groups is 1. The Labute approximate surface area is 216 Å². The van der Waals surface area contributed by atoms with Gasteiger partial charge in [-0.05, 0) is 47.1 Å². The molecule has 0 aliphatic carbocycles. The zero-order valence-electron chi connectivity index (χ0n) is 19.0. The summed E-state index contributed by atoms with van der Waals surface area (Å²) in [6, 6.07) is 11.1. The van der Waals surface area contributed by atoms with Crippen LogP contribution in [-0.4, -0.2) is 53.3 Å². The first-order chi connectivity index (χ1) is 17.5. The van der Waals surface area contributed by atoms with Crippen LogP contribution in [-0.2, 0) is 19.7 Å². The van der Waals surface area contributed by atoms with Crippen molar-refractivity contribution < 1.29 is 31.2 Å². The second kappa shape index (κ2) is 10.5. The standard InChI is InChI=1S/C21H17F3N6O4S3/c1-30(34-20(31)21(22,23)24)37(32,33)13-4-6-16(35-2)15(8-13)29-19-9-18(25-10-26-19)28-12-3-5-14-17(7-12)36-11-27-14/h3-11H,1-2H3,(H2,25,26,28,29). The van der Waals surface area contributed by atoms with Crippen molar-refractivity contribution in [1.82, 2.24) is 19.4 Å². The Morgan fingerprint density at radius 3 is 2.49 bits per heavy atom. The molecule has 2 N–H and O–H groups in total. The number of halogens is 3. The molecule has 0 unspecified atom stereocenters. The Hall–Kier alpha value is -3.47. The normalized spacial score (nSPS) is 12.1. The Kier molecular flexibility index (Phi) is 7.54.